The molecule has 1 unspecified atom stereocenters. The van der Waals surface area contributed by atoms with Crippen molar-refractivity contribution in [2.45, 2.75) is 50.0 Å². The quantitative estimate of drug-likeness (QED) is 0.343. The maximum atomic E-state index is 12.0. The lowest BCUT2D eigenvalue weighted by Crippen LogP contribution is -2.39. The molecule has 0 aliphatic carbocycles. The lowest BCUT2D eigenvalue weighted by Gasteiger charge is -2.19. The molecule has 1 aliphatic rings. The van der Waals surface area contributed by atoms with Gasteiger partial charge in [-0.2, -0.15) is 0 Å². The van der Waals surface area contributed by atoms with Gasteiger partial charge in [0.2, 0.25) is 0 Å². The molecule has 0 saturated carbocycles. The number of rotatable bonds is 4. The Morgan fingerprint density at radius 3 is 2.41 bits per heavy atom. The molecule has 1 aliphatic heterocycles. The number of ether oxygens (including phenoxy) is 1. The summed E-state index contributed by atoms with van der Waals surface area (Å²) in [5, 5.41) is 10.00. The van der Waals surface area contributed by atoms with Gasteiger partial charge in [-0.15, -0.1) is 0 Å². The first kappa shape index (κ1) is 26.3. The number of carbonyl (C=O) groups is 2. The van der Waals surface area contributed by atoms with E-state index in [1.54, 1.807) is 20.8 Å². The molecular weight excluding hydrogens is 499 g/mol. The fraction of sp³-hybridized carbons (Fsp3) is 0.529. The maximum absolute atomic E-state index is 12.0. The monoisotopic (exact) mass is 528 g/mol. The summed E-state index contributed by atoms with van der Waals surface area (Å²) in [6.45, 7) is 8.16. The summed E-state index contributed by atoms with van der Waals surface area (Å²) in [6, 6.07) is 7.73. The molecule has 2 rings (SSSR count). The van der Waals surface area contributed by atoms with E-state index in [1.165, 1.54) is 20.9 Å². The zero-order valence-electron chi connectivity index (χ0n) is 16.1. The van der Waals surface area contributed by atoms with Gasteiger partial charge in [0.15, 0.2) is 5.78 Å². The lowest BCUT2D eigenvalue weighted by molar-refractivity contribution is -0.117. The highest BCUT2D eigenvalue weighted by Gasteiger charge is 2.27. The Bertz CT molecular complexity index is 559. The van der Waals surface area contributed by atoms with Crippen LogP contribution >= 0.6 is 42.1 Å². The maximum Gasteiger partial charge on any atom is 0.408 e. The topological polar surface area (TPSA) is 119 Å². The third kappa shape index (κ3) is 12.4. The summed E-state index contributed by atoms with van der Waals surface area (Å²) in [4.78, 5) is 24.6. The summed E-state index contributed by atoms with van der Waals surface area (Å²) in [5.74, 6) is -0.0861. The van der Waals surface area contributed by atoms with Crippen LogP contribution in [0.2, 0.25) is 0 Å². The molecule has 1 aromatic rings. The second-order valence-electron chi connectivity index (χ2n) is 6.34. The number of halogens is 1. The molecule has 0 spiro atoms. The average molecular weight is 528 g/mol. The highest BCUT2D eigenvalue weighted by molar-refractivity contribution is 14.2. The van der Waals surface area contributed by atoms with Crippen LogP contribution in [0.15, 0.2) is 29.2 Å². The van der Waals surface area contributed by atoms with Gasteiger partial charge in [0.1, 0.15) is 11.0 Å². The molecule has 154 valence electrons. The van der Waals surface area contributed by atoms with Gasteiger partial charge in [0.25, 0.3) is 0 Å². The zero-order valence-corrected chi connectivity index (χ0v) is 19.9. The number of para-hydroxylation sites is 1. The minimum Gasteiger partial charge on any atom is -0.444 e. The van der Waals surface area contributed by atoms with Crippen LogP contribution in [0.3, 0.4) is 0 Å². The predicted molar refractivity (Wildman–Crippen MR) is 124 cm³/mol. The number of Topliss-reactive ketones (excluding diaryl/α,β-unsaturated/α-hetero) is 1. The van der Waals surface area contributed by atoms with E-state index in [0.717, 1.165) is 23.5 Å². The van der Waals surface area contributed by atoms with Gasteiger partial charge in [0.05, 0.1) is 6.54 Å². The Morgan fingerprint density at radius 1 is 1.37 bits per heavy atom. The van der Waals surface area contributed by atoms with Gasteiger partial charge in [-0.1, -0.05) is 30.8 Å². The molecule has 1 aromatic carbocycles. The molecular formula is C17H29IN4O3S2. The Kier molecular flexibility index (Phi) is 14.0. The molecule has 0 aromatic heterocycles. The van der Waals surface area contributed by atoms with E-state index in [9.17, 15) is 9.59 Å². The van der Waals surface area contributed by atoms with E-state index in [1.807, 2.05) is 45.5 Å². The highest BCUT2D eigenvalue weighted by atomic mass is 127. The fourth-order valence-electron chi connectivity index (χ4n) is 1.70. The number of ketones is 1. The molecule has 0 radical (unpaired) electrons. The molecule has 10 heteroatoms. The van der Waals surface area contributed by atoms with Crippen LogP contribution in [-0.2, 0) is 9.53 Å². The summed E-state index contributed by atoms with van der Waals surface area (Å²) < 4.78 is 5.08. The van der Waals surface area contributed by atoms with Crippen LogP contribution in [0, 0.1) is 0 Å². The minimum atomic E-state index is -0.577. The predicted octanol–water partition coefficient (Wildman–Crippen LogP) is 3.92. The number of hydrogen-bond donors (Lipinski definition) is 4. The van der Waals surface area contributed by atoms with E-state index in [0.29, 0.717) is 0 Å². The normalized spacial score (nSPS) is 14.4. The number of amides is 1. The van der Waals surface area contributed by atoms with E-state index < -0.39 is 11.7 Å². The molecule has 0 bridgehead atoms. The highest BCUT2D eigenvalue weighted by Crippen LogP contribution is 2.38. The number of anilines is 1. The van der Waals surface area contributed by atoms with E-state index in [4.69, 9.17) is 15.6 Å². The molecule has 1 heterocycles. The molecule has 7 nitrogen and oxygen atoms in total. The van der Waals surface area contributed by atoms with Crippen LogP contribution in [0.4, 0.5) is 10.5 Å². The third-order valence-electron chi connectivity index (χ3n) is 2.81. The number of thioether (sulfide) groups is 1. The summed E-state index contributed by atoms with van der Waals surface area (Å²) >= 11 is 3.44. The fourth-order valence-corrected chi connectivity index (χ4v) is 2.76. The van der Waals surface area contributed by atoms with Crippen molar-refractivity contribution >= 4 is 59.7 Å². The minimum absolute atomic E-state index is 0.0480. The molecule has 0 saturated heterocycles. The first-order valence-corrected chi connectivity index (χ1v) is 12.7. The molecule has 27 heavy (non-hydrogen) atoms. The van der Waals surface area contributed by atoms with Crippen molar-refractivity contribution in [3.8, 4) is 0 Å². The van der Waals surface area contributed by atoms with Crippen molar-refractivity contribution in [3.63, 3.8) is 0 Å². The Labute approximate surface area is 182 Å². The zero-order chi connectivity index (χ0) is 20.9. The smallest absolute Gasteiger partial charge is 0.408 e. The summed E-state index contributed by atoms with van der Waals surface area (Å²) in [7, 11) is 1.22. The number of carbonyl (C=O) groups excluding carboxylic acids is 2. The summed E-state index contributed by atoms with van der Waals surface area (Å²) in [6.07, 6.45) is 0.520. The number of nitrogens with one attached hydrogen (secondary N) is 2. The molecule has 1 amide bonds. The Morgan fingerprint density at radius 2 is 1.93 bits per heavy atom. The van der Waals surface area contributed by atoms with Crippen LogP contribution in [-0.4, -0.2) is 35.9 Å². The van der Waals surface area contributed by atoms with Crippen LogP contribution < -0.4 is 21.5 Å². The summed E-state index contributed by atoms with van der Waals surface area (Å²) in [5.41, 5.74) is 5.41. The second-order valence-corrected chi connectivity index (χ2v) is 9.19. The van der Waals surface area contributed by atoms with Gasteiger partial charge in [0, 0.05) is 31.8 Å². The van der Waals surface area contributed by atoms with E-state index in [-0.39, 0.29) is 17.7 Å². The van der Waals surface area contributed by atoms with Gasteiger partial charge >= 0.3 is 6.09 Å². The van der Waals surface area contributed by atoms with Crippen molar-refractivity contribution in [2.24, 2.45) is 10.9 Å². The second kappa shape index (κ2) is 14.3. The van der Waals surface area contributed by atoms with E-state index in [2.05, 4.69) is 17.6 Å². The van der Waals surface area contributed by atoms with Gasteiger partial charge in [-0.25, -0.2) is 4.79 Å². The number of nitrogens with two attached hydrogens (primary N) is 2. The Balaban J connectivity index is 0.000000836. The van der Waals surface area contributed by atoms with Gasteiger partial charge < -0.3 is 21.1 Å². The van der Waals surface area contributed by atoms with Crippen molar-refractivity contribution in [1.29, 1.82) is 0 Å². The van der Waals surface area contributed by atoms with E-state index >= 15 is 0 Å². The first-order valence-electron chi connectivity index (χ1n) is 8.37. The van der Waals surface area contributed by atoms with Crippen LogP contribution in [0.25, 0.3) is 0 Å². The van der Waals surface area contributed by atoms with Crippen molar-refractivity contribution in [3.05, 3.63) is 24.3 Å². The molecule has 1 atom stereocenters. The Hall–Kier alpha value is -0.690. The molecule has 6 N–H and O–H groups in total. The van der Waals surface area contributed by atoms with Gasteiger partial charge in [-0.3, -0.25) is 9.93 Å². The van der Waals surface area contributed by atoms with Crippen LogP contribution in [0.1, 0.15) is 34.1 Å². The average Bonchev–Trinajstić information content (AvgIpc) is 3.03. The standard InChI is InChI=1S/C14H18N2O3S.C3H9N.H2INS/c1-14(2,3)19-13(18)15-8-10(17)12-16-9-6-4-5-7-11(9)20-12;1-2-3-4;1-3-2/h4-7,12,16H,8H2,1-3H3,(H,15,18);2-4H2,1H3;2H2. The number of benzene rings is 1. The SMILES string of the molecule is CC(C)(C)OC(=O)NCC(=O)C1Nc2ccccc2S1.CCCN.NSI. The number of alkyl carbamates (subject to hydrolysis) is 1. The van der Waals surface area contributed by atoms with Crippen LogP contribution in [0.5, 0.6) is 0 Å². The number of hydrogen-bond acceptors (Lipinski definition) is 8. The van der Waals surface area contributed by atoms with Crippen molar-refractivity contribution < 1.29 is 14.3 Å². The lowest BCUT2D eigenvalue weighted by atomic mass is 10.2. The largest absolute Gasteiger partial charge is 0.444 e. The van der Waals surface area contributed by atoms with Crippen molar-refractivity contribution in [2.75, 3.05) is 18.4 Å². The number of fused-ring (bicyclic) bond motifs is 1. The molecule has 0 fully saturated rings. The first-order chi connectivity index (χ1) is 12.7. The third-order valence-corrected chi connectivity index (χ3v) is 4.03. The van der Waals surface area contributed by atoms with Crippen molar-refractivity contribution in [1.82, 2.24) is 5.32 Å². The van der Waals surface area contributed by atoms with Gasteiger partial charge in [-0.05, 0) is 55.0 Å².